The summed E-state index contributed by atoms with van der Waals surface area (Å²) < 4.78 is 0. The second-order valence-corrected chi connectivity index (χ2v) is 5.66. The smallest absolute Gasteiger partial charge is 0.00388 e. The van der Waals surface area contributed by atoms with Crippen molar-refractivity contribution in [1.82, 2.24) is 5.32 Å². The molecular formula is C16H31N. The van der Waals surface area contributed by atoms with Crippen molar-refractivity contribution in [3.63, 3.8) is 0 Å². The van der Waals surface area contributed by atoms with Crippen LogP contribution in [0.5, 0.6) is 0 Å². The predicted octanol–water partition coefficient (Wildman–Crippen LogP) is 4.68. The molecule has 1 aliphatic rings. The minimum absolute atomic E-state index is 0.711. The summed E-state index contributed by atoms with van der Waals surface area (Å²) in [6, 6.07) is 0.711. The van der Waals surface area contributed by atoms with Crippen molar-refractivity contribution >= 4 is 0 Å². The largest absolute Gasteiger partial charge is 0.314 e. The Balaban J connectivity index is 1.93. The first-order valence-corrected chi connectivity index (χ1v) is 7.71. The molecule has 1 nitrogen and oxygen atoms in total. The molecule has 0 fully saturated rings. The number of hydrogen-bond donors (Lipinski definition) is 1. The van der Waals surface area contributed by atoms with E-state index in [9.17, 15) is 0 Å². The predicted molar refractivity (Wildman–Crippen MR) is 77.3 cm³/mol. The van der Waals surface area contributed by atoms with E-state index in [-0.39, 0.29) is 0 Å². The van der Waals surface area contributed by atoms with Gasteiger partial charge in [-0.05, 0) is 45.1 Å². The zero-order valence-electron chi connectivity index (χ0n) is 11.9. The summed E-state index contributed by atoms with van der Waals surface area (Å²) in [5, 5.41) is 3.71. The van der Waals surface area contributed by atoms with Crippen LogP contribution in [-0.4, -0.2) is 12.6 Å². The Kier molecular flexibility index (Phi) is 8.42. The van der Waals surface area contributed by atoms with Crippen LogP contribution in [0.25, 0.3) is 0 Å². The van der Waals surface area contributed by atoms with Gasteiger partial charge in [0, 0.05) is 6.04 Å². The third kappa shape index (κ3) is 7.59. The van der Waals surface area contributed by atoms with Gasteiger partial charge >= 0.3 is 0 Å². The first-order chi connectivity index (χ1) is 8.33. The Morgan fingerprint density at radius 3 is 2.71 bits per heavy atom. The van der Waals surface area contributed by atoms with Gasteiger partial charge < -0.3 is 5.32 Å². The molecule has 1 aliphatic carbocycles. The van der Waals surface area contributed by atoms with Gasteiger partial charge in [0.2, 0.25) is 0 Å². The zero-order chi connectivity index (χ0) is 12.3. The maximum absolute atomic E-state index is 3.71. The van der Waals surface area contributed by atoms with Crippen LogP contribution in [0.15, 0.2) is 12.2 Å². The Bertz CT molecular complexity index is 198. The van der Waals surface area contributed by atoms with E-state index in [1.54, 1.807) is 0 Å². The lowest BCUT2D eigenvalue weighted by Crippen LogP contribution is -2.31. The lowest BCUT2D eigenvalue weighted by Gasteiger charge is -2.21. The maximum atomic E-state index is 3.71. The average molecular weight is 237 g/mol. The van der Waals surface area contributed by atoms with E-state index in [0.29, 0.717) is 6.04 Å². The molecule has 0 saturated carbocycles. The third-order valence-electron chi connectivity index (χ3n) is 3.87. The highest BCUT2D eigenvalue weighted by Gasteiger charge is 2.10. The van der Waals surface area contributed by atoms with E-state index < -0.39 is 0 Å². The number of unbranched alkanes of at least 4 members (excludes halogenated alkanes) is 4. The van der Waals surface area contributed by atoms with E-state index in [1.807, 2.05) is 0 Å². The quantitative estimate of drug-likeness (QED) is 0.453. The molecule has 0 aromatic carbocycles. The van der Waals surface area contributed by atoms with Crippen LogP contribution in [0.4, 0.5) is 0 Å². The van der Waals surface area contributed by atoms with E-state index in [2.05, 4.69) is 31.3 Å². The third-order valence-corrected chi connectivity index (χ3v) is 3.87. The summed E-state index contributed by atoms with van der Waals surface area (Å²) >= 11 is 0. The first-order valence-electron chi connectivity index (χ1n) is 7.71. The molecule has 0 heterocycles. The van der Waals surface area contributed by atoms with Crippen LogP contribution in [-0.2, 0) is 0 Å². The summed E-state index contributed by atoms with van der Waals surface area (Å²) in [5.41, 5.74) is 0. The average Bonchev–Trinajstić information content (AvgIpc) is 2.37. The molecule has 100 valence electrons. The molecule has 0 spiro atoms. The Hall–Kier alpha value is -0.300. The lowest BCUT2D eigenvalue weighted by molar-refractivity contribution is 0.395. The molecule has 0 aliphatic heterocycles. The van der Waals surface area contributed by atoms with Gasteiger partial charge in [-0.2, -0.15) is 0 Å². The van der Waals surface area contributed by atoms with Gasteiger partial charge in [0.1, 0.15) is 0 Å². The molecular weight excluding hydrogens is 206 g/mol. The molecule has 0 aromatic heterocycles. The van der Waals surface area contributed by atoms with Crippen molar-refractivity contribution in [3.8, 4) is 0 Å². The first kappa shape index (κ1) is 14.8. The van der Waals surface area contributed by atoms with E-state index in [4.69, 9.17) is 0 Å². The number of hydrogen-bond acceptors (Lipinski definition) is 1. The summed E-state index contributed by atoms with van der Waals surface area (Å²) in [7, 11) is 0. The highest BCUT2D eigenvalue weighted by atomic mass is 14.9. The minimum atomic E-state index is 0.711. The molecule has 0 amide bonds. The summed E-state index contributed by atoms with van der Waals surface area (Å²) in [5.74, 6) is 0.891. The fourth-order valence-electron chi connectivity index (χ4n) is 2.57. The summed E-state index contributed by atoms with van der Waals surface area (Å²) in [6.07, 6.45) is 17.0. The van der Waals surface area contributed by atoms with Crippen molar-refractivity contribution in [2.45, 2.75) is 77.7 Å². The molecule has 17 heavy (non-hydrogen) atoms. The van der Waals surface area contributed by atoms with Crippen LogP contribution < -0.4 is 5.32 Å². The van der Waals surface area contributed by atoms with E-state index in [1.165, 1.54) is 64.3 Å². The molecule has 1 rings (SSSR count). The molecule has 0 saturated heterocycles. The highest BCUT2D eigenvalue weighted by molar-refractivity contribution is 4.90. The van der Waals surface area contributed by atoms with Gasteiger partial charge in [-0.3, -0.25) is 0 Å². The van der Waals surface area contributed by atoms with Crippen LogP contribution in [0, 0.1) is 5.92 Å². The number of allylic oxidation sites excluding steroid dienone is 2. The lowest BCUT2D eigenvalue weighted by atomic mass is 9.94. The van der Waals surface area contributed by atoms with Crippen molar-refractivity contribution in [1.29, 1.82) is 0 Å². The highest BCUT2D eigenvalue weighted by Crippen LogP contribution is 2.17. The SMILES string of the molecule is CCCCCCCC(C)NCC1CC=CCC1. The standard InChI is InChI=1S/C16H31N/c1-3-4-5-6-8-11-15(2)17-14-16-12-9-7-10-13-16/h7,9,15-17H,3-6,8,10-14H2,1-2H3. The molecule has 2 atom stereocenters. The van der Waals surface area contributed by atoms with Crippen molar-refractivity contribution in [2.75, 3.05) is 6.54 Å². The second-order valence-electron chi connectivity index (χ2n) is 5.66. The van der Waals surface area contributed by atoms with Crippen molar-refractivity contribution in [3.05, 3.63) is 12.2 Å². The molecule has 1 heteroatoms. The minimum Gasteiger partial charge on any atom is -0.314 e. The molecule has 1 N–H and O–H groups in total. The summed E-state index contributed by atoms with van der Waals surface area (Å²) in [4.78, 5) is 0. The molecule has 0 aromatic rings. The van der Waals surface area contributed by atoms with Gasteiger partial charge in [-0.25, -0.2) is 0 Å². The van der Waals surface area contributed by atoms with Gasteiger partial charge in [-0.15, -0.1) is 0 Å². The van der Waals surface area contributed by atoms with E-state index in [0.717, 1.165) is 5.92 Å². The van der Waals surface area contributed by atoms with Gasteiger partial charge in [0.25, 0.3) is 0 Å². The molecule has 2 unspecified atom stereocenters. The Morgan fingerprint density at radius 2 is 2.00 bits per heavy atom. The summed E-state index contributed by atoms with van der Waals surface area (Å²) in [6.45, 7) is 5.85. The van der Waals surface area contributed by atoms with Crippen LogP contribution >= 0.6 is 0 Å². The number of rotatable bonds is 9. The zero-order valence-corrected chi connectivity index (χ0v) is 11.9. The Morgan fingerprint density at radius 1 is 1.18 bits per heavy atom. The fourth-order valence-corrected chi connectivity index (χ4v) is 2.57. The monoisotopic (exact) mass is 237 g/mol. The fraction of sp³-hybridized carbons (Fsp3) is 0.875. The van der Waals surface area contributed by atoms with Gasteiger partial charge in [0.05, 0.1) is 0 Å². The van der Waals surface area contributed by atoms with Crippen LogP contribution in [0.1, 0.15) is 71.6 Å². The molecule has 0 radical (unpaired) electrons. The van der Waals surface area contributed by atoms with Crippen molar-refractivity contribution in [2.24, 2.45) is 5.92 Å². The van der Waals surface area contributed by atoms with Gasteiger partial charge in [0.15, 0.2) is 0 Å². The van der Waals surface area contributed by atoms with E-state index >= 15 is 0 Å². The van der Waals surface area contributed by atoms with Gasteiger partial charge in [-0.1, -0.05) is 51.2 Å². The normalized spacial score (nSPS) is 21.6. The second kappa shape index (κ2) is 9.70. The maximum Gasteiger partial charge on any atom is 0.00388 e. The Labute approximate surface area is 108 Å². The van der Waals surface area contributed by atoms with Crippen molar-refractivity contribution < 1.29 is 0 Å². The number of nitrogens with one attached hydrogen (secondary N) is 1. The molecule has 0 bridgehead atoms. The van der Waals surface area contributed by atoms with Crippen LogP contribution in [0.2, 0.25) is 0 Å². The topological polar surface area (TPSA) is 12.0 Å². The van der Waals surface area contributed by atoms with Crippen LogP contribution in [0.3, 0.4) is 0 Å².